The minimum absolute atomic E-state index is 0.00187. The van der Waals surface area contributed by atoms with E-state index in [4.69, 9.17) is 4.74 Å². The first-order chi connectivity index (χ1) is 20.0. The molecule has 5 rings (SSSR count). The van der Waals surface area contributed by atoms with Gasteiger partial charge in [-0.05, 0) is 78.9 Å². The van der Waals surface area contributed by atoms with Gasteiger partial charge in [0.1, 0.15) is 18.3 Å². The van der Waals surface area contributed by atoms with Gasteiger partial charge < -0.3 is 14.2 Å². The van der Waals surface area contributed by atoms with Crippen LogP contribution in [-0.4, -0.2) is 41.5 Å². The number of ether oxygens (including phenoxy) is 1. The van der Waals surface area contributed by atoms with E-state index in [9.17, 15) is 9.59 Å². The molecule has 0 saturated heterocycles. The van der Waals surface area contributed by atoms with Crippen molar-refractivity contribution in [2.45, 2.75) is 52.0 Å². The number of carbonyl (C=O) groups is 2. The van der Waals surface area contributed by atoms with Crippen LogP contribution in [-0.2, 0) is 11.2 Å². The van der Waals surface area contributed by atoms with Gasteiger partial charge in [0.15, 0.2) is 0 Å². The molecule has 0 bridgehead atoms. The van der Waals surface area contributed by atoms with E-state index < -0.39 is 0 Å². The zero-order valence-electron chi connectivity index (χ0n) is 24.3. The highest BCUT2D eigenvalue weighted by molar-refractivity contribution is 6.02. The van der Waals surface area contributed by atoms with Crippen molar-refractivity contribution in [1.82, 2.24) is 9.47 Å². The second kappa shape index (κ2) is 12.9. The molecule has 1 aromatic heterocycles. The Balaban J connectivity index is 1.49. The van der Waals surface area contributed by atoms with Crippen molar-refractivity contribution < 1.29 is 14.3 Å². The van der Waals surface area contributed by atoms with Crippen LogP contribution in [0.4, 0.5) is 5.69 Å². The molecule has 1 aliphatic rings. The highest BCUT2D eigenvalue weighted by atomic mass is 16.5. The number of nitrogens with zero attached hydrogens (tertiary/aromatic N) is 3. The van der Waals surface area contributed by atoms with Crippen molar-refractivity contribution in [3.63, 3.8) is 0 Å². The molecular weight excluding hydrogens is 510 g/mol. The number of fused-ring (bicyclic) bond motifs is 3. The van der Waals surface area contributed by atoms with E-state index in [1.807, 2.05) is 90.0 Å². The minimum Gasteiger partial charge on any atom is -0.497 e. The maximum Gasteiger partial charge on any atom is 0.254 e. The fourth-order valence-corrected chi connectivity index (χ4v) is 5.58. The van der Waals surface area contributed by atoms with E-state index in [1.165, 1.54) is 5.56 Å². The van der Waals surface area contributed by atoms with Crippen LogP contribution in [0, 0.1) is 0 Å². The molecule has 6 heteroatoms. The van der Waals surface area contributed by atoms with Crippen molar-refractivity contribution in [2.75, 3.05) is 25.1 Å². The fraction of sp³-hybridized carbons (Fsp3) is 0.314. The highest BCUT2D eigenvalue weighted by Gasteiger charge is 2.37. The van der Waals surface area contributed by atoms with Gasteiger partial charge in [-0.2, -0.15) is 0 Å². The average Bonchev–Trinajstić information content (AvgIpc) is 3.51. The number of rotatable bonds is 11. The summed E-state index contributed by atoms with van der Waals surface area (Å²) in [6.45, 7) is 4.80. The van der Waals surface area contributed by atoms with Crippen LogP contribution in [0.5, 0.6) is 5.75 Å². The SMILES string of the molecule is CCCCc1ccc(C(=O)N(CCCC)CC(=O)N2c3ccccc3-n3cccc3C2c2ccc(OC)cc2)cc1. The molecule has 41 heavy (non-hydrogen) atoms. The Morgan fingerprint density at radius 2 is 1.54 bits per heavy atom. The third-order valence-electron chi connectivity index (χ3n) is 7.83. The van der Waals surface area contributed by atoms with Crippen LogP contribution in [0.15, 0.2) is 91.1 Å². The molecule has 6 nitrogen and oxygen atoms in total. The summed E-state index contributed by atoms with van der Waals surface area (Å²) in [7, 11) is 1.65. The first-order valence-corrected chi connectivity index (χ1v) is 14.7. The van der Waals surface area contributed by atoms with Gasteiger partial charge in [0.25, 0.3) is 5.91 Å². The summed E-state index contributed by atoms with van der Waals surface area (Å²) in [6, 6.07) is 27.4. The first kappa shape index (κ1) is 28.2. The second-order valence-electron chi connectivity index (χ2n) is 10.6. The molecule has 4 aromatic rings. The summed E-state index contributed by atoms with van der Waals surface area (Å²) >= 11 is 0. The third-order valence-corrected chi connectivity index (χ3v) is 7.83. The van der Waals surface area contributed by atoms with Gasteiger partial charge >= 0.3 is 0 Å². The predicted molar refractivity (Wildman–Crippen MR) is 164 cm³/mol. The first-order valence-electron chi connectivity index (χ1n) is 14.7. The summed E-state index contributed by atoms with van der Waals surface area (Å²) < 4.78 is 7.54. The Labute approximate surface area is 243 Å². The quantitative estimate of drug-likeness (QED) is 0.199. The van der Waals surface area contributed by atoms with E-state index in [1.54, 1.807) is 12.0 Å². The van der Waals surface area contributed by atoms with E-state index >= 15 is 0 Å². The Kier molecular flexibility index (Phi) is 8.88. The van der Waals surface area contributed by atoms with Gasteiger partial charge in [-0.25, -0.2) is 0 Å². The molecule has 2 amide bonds. The van der Waals surface area contributed by atoms with E-state index in [0.29, 0.717) is 12.1 Å². The van der Waals surface area contributed by atoms with Crippen molar-refractivity contribution in [3.8, 4) is 11.4 Å². The number of methoxy groups -OCH3 is 1. The Morgan fingerprint density at radius 3 is 2.22 bits per heavy atom. The van der Waals surface area contributed by atoms with Crippen molar-refractivity contribution in [1.29, 1.82) is 0 Å². The van der Waals surface area contributed by atoms with Crippen LogP contribution in [0.1, 0.15) is 72.8 Å². The van der Waals surface area contributed by atoms with Crippen LogP contribution in [0.2, 0.25) is 0 Å². The lowest BCUT2D eigenvalue weighted by atomic mass is 9.97. The smallest absolute Gasteiger partial charge is 0.254 e. The summed E-state index contributed by atoms with van der Waals surface area (Å²) in [6.07, 6.45) is 7.06. The number of aromatic nitrogens is 1. The Bertz CT molecular complexity index is 1470. The largest absolute Gasteiger partial charge is 0.497 e. The van der Waals surface area contributed by atoms with Crippen molar-refractivity contribution in [2.24, 2.45) is 0 Å². The lowest BCUT2D eigenvalue weighted by Gasteiger charge is -2.39. The average molecular weight is 550 g/mol. The molecular formula is C35H39N3O3. The maximum atomic E-state index is 14.4. The molecule has 0 fully saturated rings. The predicted octanol–water partition coefficient (Wildman–Crippen LogP) is 7.21. The fourth-order valence-electron chi connectivity index (χ4n) is 5.58. The molecule has 2 heterocycles. The number of unbranched alkanes of at least 4 members (excludes halogenated alkanes) is 2. The van der Waals surface area contributed by atoms with Crippen molar-refractivity contribution in [3.05, 3.63) is 114 Å². The van der Waals surface area contributed by atoms with E-state index in [-0.39, 0.29) is 24.4 Å². The van der Waals surface area contributed by atoms with Crippen LogP contribution in [0.3, 0.4) is 0 Å². The van der Waals surface area contributed by atoms with Gasteiger partial charge in [-0.1, -0.05) is 63.1 Å². The summed E-state index contributed by atoms with van der Waals surface area (Å²) in [4.78, 5) is 31.7. The number of amides is 2. The van der Waals surface area contributed by atoms with Gasteiger partial charge in [-0.15, -0.1) is 0 Å². The number of hydrogen-bond acceptors (Lipinski definition) is 3. The number of para-hydroxylation sites is 2. The monoisotopic (exact) mass is 549 g/mol. The lowest BCUT2D eigenvalue weighted by Crippen LogP contribution is -2.47. The highest BCUT2D eigenvalue weighted by Crippen LogP contribution is 2.42. The lowest BCUT2D eigenvalue weighted by molar-refractivity contribution is -0.119. The molecule has 212 valence electrons. The molecule has 0 spiro atoms. The normalized spacial score (nSPS) is 13.8. The van der Waals surface area contributed by atoms with Gasteiger partial charge in [0.05, 0.1) is 24.2 Å². The van der Waals surface area contributed by atoms with E-state index in [0.717, 1.165) is 60.5 Å². The molecule has 0 N–H and O–H groups in total. The zero-order chi connectivity index (χ0) is 28.8. The van der Waals surface area contributed by atoms with Gasteiger partial charge in [0.2, 0.25) is 5.91 Å². The maximum absolute atomic E-state index is 14.4. The molecule has 1 aliphatic heterocycles. The molecule has 1 unspecified atom stereocenters. The molecule has 3 aromatic carbocycles. The standard InChI is InChI=1S/C35H39N3O3/c1-4-6-11-26-15-17-28(18-16-26)35(40)36(23-7-5-2)25-33(39)38-31-13-9-8-12-30(31)37-24-10-14-32(37)34(38)27-19-21-29(41-3)22-20-27/h8-10,12-22,24,34H,4-7,11,23,25H2,1-3H3. The summed E-state index contributed by atoms with van der Waals surface area (Å²) in [5, 5.41) is 0. The topological polar surface area (TPSA) is 54.8 Å². The van der Waals surface area contributed by atoms with Gasteiger partial charge in [-0.3, -0.25) is 14.5 Å². The van der Waals surface area contributed by atoms with Gasteiger partial charge in [0, 0.05) is 18.3 Å². The zero-order valence-corrected chi connectivity index (χ0v) is 24.3. The van der Waals surface area contributed by atoms with Crippen LogP contribution >= 0.6 is 0 Å². The van der Waals surface area contributed by atoms with Crippen molar-refractivity contribution >= 4 is 17.5 Å². The van der Waals surface area contributed by atoms with Crippen LogP contribution in [0.25, 0.3) is 5.69 Å². The summed E-state index contributed by atoms with van der Waals surface area (Å²) in [5.41, 5.74) is 5.59. The second-order valence-corrected chi connectivity index (χ2v) is 10.6. The summed E-state index contributed by atoms with van der Waals surface area (Å²) in [5.74, 6) is 0.536. The third kappa shape index (κ3) is 5.92. The van der Waals surface area contributed by atoms with Crippen LogP contribution < -0.4 is 9.64 Å². The van der Waals surface area contributed by atoms with E-state index in [2.05, 4.69) is 24.5 Å². The number of carbonyl (C=O) groups excluding carboxylic acids is 2. The molecule has 0 radical (unpaired) electrons. The molecule has 1 atom stereocenters. The number of aryl methyl sites for hydroxylation is 1. The number of benzene rings is 3. The molecule has 0 aliphatic carbocycles. The molecule has 0 saturated carbocycles. The minimum atomic E-state index is -0.348. The Hall–Kier alpha value is -4.32. The Morgan fingerprint density at radius 1 is 0.829 bits per heavy atom. The number of hydrogen-bond donors (Lipinski definition) is 0. The number of anilines is 1.